The molecule has 0 unspecified atom stereocenters. The van der Waals surface area contributed by atoms with E-state index in [4.69, 9.17) is 4.74 Å². The smallest absolute Gasteiger partial charge is 0.236 e. The summed E-state index contributed by atoms with van der Waals surface area (Å²) >= 11 is 0. The third kappa shape index (κ3) is 4.53. The van der Waals surface area contributed by atoms with Crippen molar-refractivity contribution >= 4 is 5.91 Å². The van der Waals surface area contributed by atoms with Crippen LogP contribution in [0.4, 0.5) is 0 Å². The van der Waals surface area contributed by atoms with Crippen molar-refractivity contribution in [3.63, 3.8) is 0 Å². The molecule has 1 heterocycles. The number of benzene rings is 1. The molecular formula is C16H24N2O2. The van der Waals surface area contributed by atoms with Crippen LogP contribution in [-0.4, -0.2) is 55.5 Å². The van der Waals surface area contributed by atoms with E-state index in [9.17, 15) is 4.79 Å². The van der Waals surface area contributed by atoms with Crippen LogP contribution in [0.25, 0.3) is 0 Å². The van der Waals surface area contributed by atoms with Crippen LogP contribution in [0.3, 0.4) is 0 Å². The first-order chi connectivity index (χ1) is 9.65. The SMILES string of the molecule is Cc1cccc(OCCN(C)C(=O)CN2CCCC2)c1. The Bertz CT molecular complexity index is 442. The zero-order valence-corrected chi connectivity index (χ0v) is 12.5. The Morgan fingerprint density at radius 3 is 2.80 bits per heavy atom. The Balaban J connectivity index is 1.68. The second-order valence-electron chi connectivity index (χ2n) is 5.46. The maximum atomic E-state index is 12.0. The fourth-order valence-corrected chi connectivity index (χ4v) is 2.38. The number of likely N-dealkylation sites (N-methyl/N-ethyl adjacent to an activating group) is 1. The highest BCUT2D eigenvalue weighted by molar-refractivity contribution is 5.78. The third-order valence-corrected chi connectivity index (χ3v) is 3.67. The minimum atomic E-state index is 0.180. The normalized spacial score (nSPS) is 15.3. The molecule has 0 aromatic heterocycles. The summed E-state index contributed by atoms with van der Waals surface area (Å²) in [6.07, 6.45) is 2.43. The molecule has 1 saturated heterocycles. The highest BCUT2D eigenvalue weighted by Crippen LogP contribution is 2.12. The lowest BCUT2D eigenvalue weighted by atomic mass is 10.2. The van der Waals surface area contributed by atoms with E-state index in [1.54, 1.807) is 4.90 Å². The molecule has 0 bridgehead atoms. The molecule has 0 N–H and O–H groups in total. The van der Waals surface area contributed by atoms with Gasteiger partial charge in [-0.3, -0.25) is 9.69 Å². The third-order valence-electron chi connectivity index (χ3n) is 3.67. The van der Waals surface area contributed by atoms with Gasteiger partial charge in [-0.25, -0.2) is 0 Å². The van der Waals surface area contributed by atoms with Crippen LogP contribution >= 0.6 is 0 Å². The van der Waals surface area contributed by atoms with Crippen LogP contribution in [0.1, 0.15) is 18.4 Å². The molecule has 1 amide bonds. The van der Waals surface area contributed by atoms with E-state index in [0.29, 0.717) is 19.7 Å². The van der Waals surface area contributed by atoms with Gasteiger partial charge in [0.25, 0.3) is 0 Å². The van der Waals surface area contributed by atoms with Crippen molar-refractivity contribution in [3.8, 4) is 5.75 Å². The van der Waals surface area contributed by atoms with Gasteiger partial charge in [0.05, 0.1) is 13.1 Å². The molecule has 4 nitrogen and oxygen atoms in total. The average Bonchev–Trinajstić information content (AvgIpc) is 2.91. The number of hydrogen-bond donors (Lipinski definition) is 0. The highest BCUT2D eigenvalue weighted by Gasteiger charge is 2.17. The maximum Gasteiger partial charge on any atom is 0.236 e. The van der Waals surface area contributed by atoms with Gasteiger partial charge in [-0.2, -0.15) is 0 Å². The largest absolute Gasteiger partial charge is 0.492 e. The van der Waals surface area contributed by atoms with Gasteiger partial charge in [-0.15, -0.1) is 0 Å². The molecule has 1 fully saturated rings. The second kappa shape index (κ2) is 7.29. The fraction of sp³-hybridized carbons (Fsp3) is 0.562. The standard InChI is InChI=1S/C16H24N2O2/c1-14-6-5-7-15(12-14)20-11-10-17(2)16(19)13-18-8-3-4-9-18/h5-7,12H,3-4,8-11,13H2,1-2H3. The van der Waals surface area contributed by atoms with Crippen LogP contribution in [0.2, 0.25) is 0 Å². The molecule has 0 atom stereocenters. The van der Waals surface area contributed by atoms with Crippen molar-refractivity contribution in [2.75, 3.05) is 39.8 Å². The number of rotatable bonds is 6. The minimum Gasteiger partial charge on any atom is -0.492 e. The first kappa shape index (κ1) is 14.9. The Morgan fingerprint density at radius 1 is 1.35 bits per heavy atom. The zero-order chi connectivity index (χ0) is 14.4. The van der Waals surface area contributed by atoms with Crippen LogP contribution in [0.5, 0.6) is 5.75 Å². The number of aryl methyl sites for hydroxylation is 1. The molecule has 4 heteroatoms. The summed E-state index contributed by atoms with van der Waals surface area (Å²) in [6.45, 7) is 5.85. The summed E-state index contributed by atoms with van der Waals surface area (Å²) < 4.78 is 5.67. The summed E-state index contributed by atoms with van der Waals surface area (Å²) in [5.41, 5.74) is 1.18. The fourth-order valence-electron chi connectivity index (χ4n) is 2.38. The average molecular weight is 276 g/mol. The van der Waals surface area contributed by atoms with Crippen LogP contribution in [-0.2, 0) is 4.79 Å². The Morgan fingerprint density at radius 2 is 2.10 bits per heavy atom. The van der Waals surface area contributed by atoms with Crippen LogP contribution < -0.4 is 4.74 Å². The quantitative estimate of drug-likeness (QED) is 0.796. The van der Waals surface area contributed by atoms with Crippen molar-refractivity contribution in [1.29, 1.82) is 0 Å². The monoisotopic (exact) mass is 276 g/mol. The number of carbonyl (C=O) groups excluding carboxylic acids is 1. The zero-order valence-electron chi connectivity index (χ0n) is 12.5. The lowest BCUT2D eigenvalue weighted by Crippen LogP contribution is -2.38. The summed E-state index contributed by atoms with van der Waals surface area (Å²) in [7, 11) is 1.85. The highest BCUT2D eigenvalue weighted by atomic mass is 16.5. The maximum absolute atomic E-state index is 12.0. The van der Waals surface area contributed by atoms with E-state index < -0.39 is 0 Å². The molecule has 2 rings (SSSR count). The number of ether oxygens (including phenoxy) is 1. The lowest BCUT2D eigenvalue weighted by molar-refractivity contribution is -0.131. The lowest BCUT2D eigenvalue weighted by Gasteiger charge is -2.21. The van der Waals surface area contributed by atoms with E-state index in [-0.39, 0.29) is 5.91 Å². The molecule has 1 aliphatic heterocycles. The first-order valence-corrected chi connectivity index (χ1v) is 7.31. The molecule has 1 aromatic carbocycles. The summed E-state index contributed by atoms with van der Waals surface area (Å²) in [4.78, 5) is 16.0. The van der Waals surface area contributed by atoms with Crippen LogP contribution in [0, 0.1) is 6.92 Å². The van der Waals surface area contributed by atoms with Gasteiger partial charge in [0, 0.05) is 7.05 Å². The molecule has 110 valence electrons. The number of hydrogen-bond acceptors (Lipinski definition) is 3. The Hall–Kier alpha value is -1.55. The van der Waals surface area contributed by atoms with Gasteiger partial charge < -0.3 is 9.64 Å². The molecular weight excluding hydrogens is 252 g/mol. The number of likely N-dealkylation sites (tertiary alicyclic amines) is 1. The summed E-state index contributed by atoms with van der Waals surface area (Å²) in [6, 6.07) is 7.97. The van der Waals surface area contributed by atoms with Gasteiger partial charge in [0.1, 0.15) is 12.4 Å². The Kier molecular flexibility index (Phi) is 5.41. The summed E-state index contributed by atoms with van der Waals surface area (Å²) in [5.74, 6) is 1.05. The van der Waals surface area contributed by atoms with Crippen molar-refractivity contribution in [2.24, 2.45) is 0 Å². The van der Waals surface area contributed by atoms with E-state index in [0.717, 1.165) is 18.8 Å². The number of carbonyl (C=O) groups is 1. The van der Waals surface area contributed by atoms with E-state index in [1.807, 2.05) is 38.2 Å². The van der Waals surface area contributed by atoms with E-state index in [1.165, 1.54) is 18.4 Å². The van der Waals surface area contributed by atoms with Gasteiger partial charge in [0.15, 0.2) is 0 Å². The topological polar surface area (TPSA) is 32.8 Å². The molecule has 1 aromatic rings. The number of nitrogens with zero attached hydrogens (tertiary/aromatic N) is 2. The van der Waals surface area contributed by atoms with E-state index in [2.05, 4.69) is 4.90 Å². The predicted octanol–water partition coefficient (Wildman–Crippen LogP) is 1.93. The predicted molar refractivity (Wildman–Crippen MR) is 80.0 cm³/mol. The first-order valence-electron chi connectivity index (χ1n) is 7.31. The second-order valence-corrected chi connectivity index (χ2v) is 5.46. The Labute approximate surface area is 121 Å². The van der Waals surface area contributed by atoms with Crippen molar-refractivity contribution in [2.45, 2.75) is 19.8 Å². The van der Waals surface area contributed by atoms with Gasteiger partial charge in [0.2, 0.25) is 5.91 Å². The van der Waals surface area contributed by atoms with Gasteiger partial charge >= 0.3 is 0 Å². The van der Waals surface area contributed by atoms with Gasteiger partial charge in [-0.1, -0.05) is 12.1 Å². The molecule has 20 heavy (non-hydrogen) atoms. The van der Waals surface area contributed by atoms with E-state index >= 15 is 0 Å². The minimum absolute atomic E-state index is 0.180. The van der Waals surface area contributed by atoms with Crippen LogP contribution in [0.15, 0.2) is 24.3 Å². The molecule has 0 saturated carbocycles. The molecule has 1 aliphatic rings. The van der Waals surface area contributed by atoms with Crippen molar-refractivity contribution in [3.05, 3.63) is 29.8 Å². The van der Waals surface area contributed by atoms with Crippen molar-refractivity contribution in [1.82, 2.24) is 9.80 Å². The molecule has 0 spiro atoms. The van der Waals surface area contributed by atoms with Gasteiger partial charge in [-0.05, 0) is 50.6 Å². The number of amides is 1. The van der Waals surface area contributed by atoms with Crippen molar-refractivity contribution < 1.29 is 9.53 Å². The molecule has 0 radical (unpaired) electrons. The molecule has 0 aliphatic carbocycles. The summed E-state index contributed by atoms with van der Waals surface area (Å²) in [5, 5.41) is 0.